The summed E-state index contributed by atoms with van der Waals surface area (Å²) in [5, 5.41) is 9.86. The van der Waals surface area contributed by atoms with Crippen LogP contribution in [0, 0.1) is 0 Å². The molecule has 1 heterocycles. The van der Waals surface area contributed by atoms with Gasteiger partial charge in [0.25, 0.3) is 0 Å². The molecule has 2 aliphatic rings. The van der Waals surface area contributed by atoms with Gasteiger partial charge in [-0.1, -0.05) is 237 Å². The van der Waals surface area contributed by atoms with E-state index in [2.05, 4.69) is 313 Å². The maximum absolute atomic E-state index is 2.54. The number of rotatable bonds is 7. The summed E-state index contributed by atoms with van der Waals surface area (Å²) in [6, 6.07) is 113. The van der Waals surface area contributed by atoms with Crippen molar-refractivity contribution in [3.05, 3.63) is 326 Å². The molecule has 14 aromatic carbocycles. The Bertz CT molecular complexity index is 4920. The number of hydrogen-bond donors (Lipinski definition) is 0. The van der Waals surface area contributed by atoms with Gasteiger partial charge in [-0.3, -0.25) is 0 Å². The van der Waals surface area contributed by atoms with Crippen LogP contribution < -0.4 is 4.90 Å². The maximum atomic E-state index is 2.54. The summed E-state index contributed by atoms with van der Waals surface area (Å²) in [5.74, 6) is 0. The summed E-state index contributed by atoms with van der Waals surface area (Å²) in [6.07, 6.45) is 0. The fourth-order valence-electron chi connectivity index (χ4n) is 14.4. The van der Waals surface area contributed by atoms with Crippen LogP contribution in [-0.4, -0.2) is 4.57 Å². The molecule has 0 atom stereocenters. The number of fused-ring (bicyclic) bond motifs is 16. The molecule has 376 valence electrons. The molecule has 2 heteroatoms. The molecule has 0 saturated carbocycles. The molecule has 1 aromatic heterocycles. The fraction of sp³-hybridized carbons (Fsp3) is 0.0127. The van der Waals surface area contributed by atoms with E-state index in [9.17, 15) is 0 Å². The molecular formula is C79H50N2. The molecule has 0 fully saturated rings. The molecule has 0 bridgehead atoms. The highest BCUT2D eigenvalue weighted by Crippen LogP contribution is 2.63. The first kappa shape index (κ1) is 45.5. The third-order valence-electron chi connectivity index (χ3n) is 17.8. The molecule has 0 aliphatic heterocycles. The van der Waals surface area contributed by atoms with Crippen molar-refractivity contribution in [2.75, 3.05) is 4.90 Å². The van der Waals surface area contributed by atoms with Crippen LogP contribution in [0.1, 0.15) is 22.3 Å². The molecule has 15 aromatic rings. The van der Waals surface area contributed by atoms with Crippen LogP contribution in [0.3, 0.4) is 0 Å². The quantitative estimate of drug-likeness (QED) is 0.144. The van der Waals surface area contributed by atoms with Gasteiger partial charge in [-0.2, -0.15) is 0 Å². The zero-order chi connectivity index (χ0) is 53.2. The van der Waals surface area contributed by atoms with E-state index in [1.54, 1.807) is 0 Å². The monoisotopic (exact) mass is 1030 g/mol. The Morgan fingerprint density at radius 3 is 1.30 bits per heavy atom. The normalized spacial score (nSPS) is 12.8. The maximum Gasteiger partial charge on any atom is 0.0725 e. The summed E-state index contributed by atoms with van der Waals surface area (Å²) >= 11 is 0. The van der Waals surface area contributed by atoms with Crippen molar-refractivity contribution < 1.29 is 0 Å². The molecule has 0 unspecified atom stereocenters. The van der Waals surface area contributed by atoms with Crippen LogP contribution in [0.15, 0.2) is 303 Å². The molecule has 81 heavy (non-hydrogen) atoms. The van der Waals surface area contributed by atoms with Crippen molar-refractivity contribution in [3.63, 3.8) is 0 Å². The summed E-state index contributed by atoms with van der Waals surface area (Å²) in [6.45, 7) is 0. The lowest BCUT2D eigenvalue weighted by Gasteiger charge is -2.31. The van der Waals surface area contributed by atoms with Crippen molar-refractivity contribution in [2.45, 2.75) is 5.41 Å². The summed E-state index contributed by atoms with van der Waals surface area (Å²) in [7, 11) is 0. The minimum absolute atomic E-state index is 0.429. The molecule has 0 radical (unpaired) electrons. The molecule has 2 aliphatic carbocycles. The molecule has 0 saturated heterocycles. The zero-order valence-electron chi connectivity index (χ0n) is 44.3. The van der Waals surface area contributed by atoms with Crippen molar-refractivity contribution in [2.24, 2.45) is 0 Å². The van der Waals surface area contributed by atoms with Crippen molar-refractivity contribution in [1.29, 1.82) is 0 Å². The largest absolute Gasteiger partial charge is 0.310 e. The van der Waals surface area contributed by atoms with E-state index in [1.807, 2.05) is 0 Å². The Morgan fingerprint density at radius 1 is 0.247 bits per heavy atom. The Balaban J connectivity index is 0.827. The molecule has 1 spiro atoms. The van der Waals surface area contributed by atoms with Crippen LogP contribution in [0.5, 0.6) is 0 Å². The van der Waals surface area contributed by atoms with E-state index < -0.39 is 5.41 Å². The first-order valence-electron chi connectivity index (χ1n) is 28.2. The van der Waals surface area contributed by atoms with Crippen molar-refractivity contribution in [3.8, 4) is 61.3 Å². The van der Waals surface area contributed by atoms with Crippen molar-refractivity contribution >= 4 is 71.2 Å². The highest BCUT2D eigenvalue weighted by atomic mass is 15.1. The minimum Gasteiger partial charge on any atom is -0.310 e. The van der Waals surface area contributed by atoms with Crippen LogP contribution in [0.2, 0.25) is 0 Å². The Kier molecular flexibility index (Phi) is 9.96. The van der Waals surface area contributed by atoms with Gasteiger partial charge >= 0.3 is 0 Å². The number of anilines is 3. The smallest absolute Gasteiger partial charge is 0.0725 e. The van der Waals surface area contributed by atoms with Gasteiger partial charge in [0, 0.05) is 33.5 Å². The number of aromatic nitrogens is 1. The highest BCUT2D eigenvalue weighted by molar-refractivity contribution is 6.22. The van der Waals surface area contributed by atoms with E-state index in [-0.39, 0.29) is 0 Å². The minimum atomic E-state index is -0.429. The van der Waals surface area contributed by atoms with Gasteiger partial charge < -0.3 is 9.47 Å². The van der Waals surface area contributed by atoms with Crippen LogP contribution in [-0.2, 0) is 5.41 Å². The average molecular weight is 1030 g/mol. The van der Waals surface area contributed by atoms with Gasteiger partial charge in [0.2, 0.25) is 0 Å². The van der Waals surface area contributed by atoms with Gasteiger partial charge in [-0.15, -0.1) is 0 Å². The summed E-state index contributed by atoms with van der Waals surface area (Å²) in [5.41, 5.74) is 24.3. The van der Waals surface area contributed by atoms with E-state index >= 15 is 0 Å². The molecule has 2 nitrogen and oxygen atoms in total. The average Bonchev–Trinajstić information content (AvgIpc) is 4.36. The predicted octanol–water partition coefficient (Wildman–Crippen LogP) is 21.1. The van der Waals surface area contributed by atoms with Crippen molar-refractivity contribution in [1.82, 2.24) is 4.57 Å². The summed E-state index contributed by atoms with van der Waals surface area (Å²) in [4.78, 5) is 2.42. The van der Waals surface area contributed by atoms with E-state index in [1.165, 1.54) is 132 Å². The van der Waals surface area contributed by atoms with E-state index in [4.69, 9.17) is 0 Å². The molecular weight excluding hydrogens is 977 g/mol. The fourth-order valence-corrected chi connectivity index (χ4v) is 14.4. The third kappa shape index (κ3) is 6.62. The molecule has 0 amide bonds. The Hall–Kier alpha value is -10.5. The first-order valence-corrected chi connectivity index (χ1v) is 28.2. The zero-order valence-corrected chi connectivity index (χ0v) is 44.3. The number of nitrogens with zero attached hydrogens (tertiary/aromatic N) is 2. The van der Waals surface area contributed by atoms with E-state index in [0.717, 1.165) is 22.7 Å². The third-order valence-corrected chi connectivity index (χ3v) is 17.8. The highest BCUT2D eigenvalue weighted by Gasteiger charge is 2.51. The molecule has 0 N–H and O–H groups in total. The van der Waals surface area contributed by atoms with Gasteiger partial charge in [0.1, 0.15) is 0 Å². The second-order valence-corrected chi connectivity index (χ2v) is 21.8. The SMILES string of the molecule is c1ccc(-n2c3ccccc3c3cc(N(c4ccc(-c5cccc6ccccc56)cc4)c4ccc(-c5c6ccccc6c(-c6ccc7c(c6)C6(c8ccccc8-c8ccccc86)c6ccccc6-7)c6ccccc56)cc4)ccc32)cc1. The standard InChI is InChI=1S/C79H50N2/c1-2-21-55(22-3-1)81-75-36-17-13-27-65(75)70-50-58(46-48-76(70)81)80(56-42-37-52(38-43-56)60-32-18-20-51-19-4-5-23-59(51)60)57-44-39-53(40-45-57)77-66-28-6-8-30-68(66)78(69-31-9-7-29-67(69)77)54-41-47-64-63-26-12-16-35-73(63)79(74(64)49-54)71-33-14-10-24-61(71)62-25-11-15-34-72(62)79/h1-50H. The molecule has 17 rings (SSSR count). The lowest BCUT2D eigenvalue weighted by Crippen LogP contribution is -2.25. The first-order chi connectivity index (χ1) is 40.2. The number of hydrogen-bond acceptors (Lipinski definition) is 1. The van der Waals surface area contributed by atoms with Crippen LogP contribution >= 0.6 is 0 Å². The van der Waals surface area contributed by atoms with Gasteiger partial charge in [0.15, 0.2) is 0 Å². The van der Waals surface area contributed by atoms with E-state index in [0.29, 0.717) is 0 Å². The van der Waals surface area contributed by atoms with Crippen LogP contribution in [0.25, 0.3) is 115 Å². The van der Waals surface area contributed by atoms with Gasteiger partial charge in [-0.05, 0) is 177 Å². The summed E-state index contributed by atoms with van der Waals surface area (Å²) < 4.78 is 2.39. The number of para-hydroxylation sites is 2. The Morgan fingerprint density at radius 2 is 0.679 bits per heavy atom. The van der Waals surface area contributed by atoms with Gasteiger partial charge in [-0.25, -0.2) is 0 Å². The predicted molar refractivity (Wildman–Crippen MR) is 341 cm³/mol. The van der Waals surface area contributed by atoms with Gasteiger partial charge in [0.05, 0.1) is 16.4 Å². The lowest BCUT2D eigenvalue weighted by molar-refractivity contribution is 0.794. The Labute approximate surface area is 470 Å². The number of benzene rings is 14. The second kappa shape index (κ2) is 17.7. The topological polar surface area (TPSA) is 8.17 Å². The van der Waals surface area contributed by atoms with Crippen LogP contribution in [0.4, 0.5) is 17.1 Å². The lowest BCUT2D eigenvalue weighted by atomic mass is 9.70. The second-order valence-electron chi connectivity index (χ2n) is 21.8.